The van der Waals surface area contributed by atoms with Gasteiger partial charge in [0.05, 0.1) is 12.8 Å². The number of hydrogen-bond acceptors (Lipinski definition) is 6. The van der Waals surface area contributed by atoms with Crippen molar-refractivity contribution >= 4 is 11.9 Å². The van der Waals surface area contributed by atoms with Crippen LogP contribution in [0.3, 0.4) is 0 Å². The minimum atomic E-state index is -0.439. The third kappa shape index (κ3) is 5.90. The van der Waals surface area contributed by atoms with Crippen molar-refractivity contribution in [2.45, 2.75) is 71.0 Å². The van der Waals surface area contributed by atoms with Crippen molar-refractivity contribution in [2.24, 2.45) is 0 Å². The Balaban J connectivity index is 1.55. The van der Waals surface area contributed by atoms with Crippen molar-refractivity contribution in [3.63, 3.8) is 0 Å². The zero-order valence-corrected chi connectivity index (χ0v) is 17.1. The molecule has 29 heavy (non-hydrogen) atoms. The lowest BCUT2D eigenvalue weighted by Crippen LogP contribution is -3.15. The average molecular weight is 404 g/mol. The molecular weight excluding hydrogens is 374 g/mol. The summed E-state index contributed by atoms with van der Waals surface area (Å²) in [5.74, 6) is 0.925. The van der Waals surface area contributed by atoms with E-state index in [4.69, 9.17) is 8.83 Å². The first-order chi connectivity index (χ1) is 14.1. The first-order valence-corrected chi connectivity index (χ1v) is 10.4. The summed E-state index contributed by atoms with van der Waals surface area (Å²) < 4.78 is 10.9. The Morgan fingerprint density at radius 2 is 2.07 bits per heavy atom. The van der Waals surface area contributed by atoms with Crippen LogP contribution >= 0.6 is 0 Å². The maximum Gasteiger partial charge on any atom is 0.321 e. The maximum atomic E-state index is 12.6. The molecule has 0 bridgehead atoms. The lowest BCUT2D eigenvalue weighted by Gasteiger charge is -2.25. The van der Waals surface area contributed by atoms with Gasteiger partial charge < -0.3 is 19.1 Å². The molecule has 1 saturated carbocycles. The second-order valence-corrected chi connectivity index (χ2v) is 7.58. The lowest BCUT2D eigenvalue weighted by molar-refractivity contribution is -0.929. The normalized spacial score (nSPS) is 16.9. The van der Waals surface area contributed by atoms with Gasteiger partial charge in [0.1, 0.15) is 0 Å². The third-order valence-electron chi connectivity index (χ3n) is 5.33. The van der Waals surface area contributed by atoms with E-state index in [9.17, 15) is 9.59 Å². The SMILES string of the molecule is CCC[NH+](Cc1nnc(-c2ccco2)o1)[C@@H](C)C(=O)NC(=O)NC1CCCCC1. The molecule has 0 aliphatic heterocycles. The topological polar surface area (TPSA) is 115 Å². The Kier molecular flexibility index (Phi) is 7.40. The molecule has 9 heteroatoms. The molecule has 1 fully saturated rings. The Morgan fingerprint density at radius 3 is 2.76 bits per heavy atom. The van der Waals surface area contributed by atoms with Crippen molar-refractivity contribution < 1.29 is 23.3 Å². The van der Waals surface area contributed by atoms with Gasteiger partial charge in [0.2, 0.25) is 0 Å². The number of imide groups is 1. The van der Waals surface area contributed by atoms with Gasteiger partial charge in [-0.2, -0.15) is 0 Å². The molecule has 1 aliphatic carbocycles. The fraction of sp³-hybridized carbons (Fsp3) is 0.600. The van der Waals surface area contributed by atoms with E-state index < -0.39 is 12.1 Å². The number of aromatic nitrogens is 2. The highest BCUT2D eigenvalue weighted by Gasteiger charge is 2.28. The number of carbonyl (C=O) groups is 2. The second kappa shape index (κ2) is 10.2. The number of nitrogens with one attached hydrogen (secondary N) is 3. The molecule has 3 N–H and O–H groups in total. The van der Waals surface area contributed by atoms with Crippen molar-refractivity contribution in [1.29, 1.82) is 0 Å². The van der Waals surface area contributed by atoms with E-state index in [0.717, 1.165) is 43.5 Å². The van der Waals surface area contributed by atoms with Crippen LogP contribution in [0.1, 0.15) is 58.3 Å². The van der Waals surface area contributed by atoms with E-state index in [0.29, 0.717) is 24.1 Å². The first-order valence-electron chi connectivity index (χ1n) is 10.4. The molecule has 2 atom stereocenters. The van der Waals surface area contributed by atoms with Crippen molar-refractivity contribution in [3.8, 4) is 11.7 Å². The predicted molar refractivity (Wildman–Crippen MR) is 105 cm³/mol. The number of amides is 3. The average Bonchev–Trinajstić information content (AvgIpc) is 3.39. The number of hydrogen-bond donors (Lipinski definition) is 3. The highest BCUT2D eigenvalue weighted by atomic mass is 16.4. The summed E-state index contributed by atoms with van der Waals surface area (Å²) in [6, 6.07) is 2.80. The zero-order chi connectivity index (χ0) is 20.6. The molecule has 3 amide bonds. The van der Waals surface area contributed by atoms with Crippen LogP contribution in [0.25, 0.3) is 11.7 Å². The zero-order valence-electron chi connectivity index (χ0n) is 17.1. The molecule has 3 rings (SSSR count). The van der Waals surface area contributed by atoms with Gasteiger partial charge >= 0.3 is 6.03 Å². The number of rotatable bonds is 8. The van der Waals surface area contributed by atoms with Gasteiger partial charge in [0, 0.05) is 6.04 Å². The molecule has 2 aromatic rings. The molecule has 1 unspecified atom stereocenters. The van der Waals surface area contributed by atoms with E-state index in [2.05, 4.69) is 20.8 Å². The van der Waals surface area contributed by atoms with Gasteiger partial charge in [-0.15, -0.1) is 10.2 Å². The highest BCUT2D eigenvalue weighted by molar-refractivity contribution is 5.96. The van der Waals surface area contributed by atoms with Crippen molar-refractivity contribution in [2.75, 3.05) is 6.54 Å². The molecule has 0 radical (unpaired) electrons. The lowest BCUT2D eigenvalue weighted by atomic mass is 9.96. The van der Waals surface area contributed by atoms with Crippen LogP contribution in [0.5, 0.6) is 0 Å². The number of quaternary nitrogens is 1. The van der Waals surface area contributed by atoms with Crippen LogP contribution in [-0.2, 0) is 11.3 Å². The molecule has 2 heterocycles. The van der Waals surface area contributed by atoms with Crippen molar-refractivity contribution in [3.05, 3.63) is 24.3 Å². The molecule has 158 valence electrons. The molecule has 0 spiro atoms. The Morgan fingerprint density at radius 1 is 1.28 bits per heavy atom. The summed E-state index contributed by atoms with van der Waals surface area (Å²) in [7, 11) is 0. The Labute approximate surface area is 170 Å². The highest BCUT2D eigenvalue weighted by Crippen LogP contribution is 2.18. The van der Waals surface area contributed by atoms with Crippen LogP contribution in [0.15, 0.2) is 27.2 Å². The number of nitrogens with zero attached hydrogens (tertiary/aromatic N) is 2. The summed E-state index contributed by atoms with van der Waals surface area (Å²) in [5.41, 5.74) is 0. The second-order valence-electron chi connectivity index (χ2n) is 7.58. The van der Waals surface area contributed by atoms with E-state index in [1.807, 2.05) is 6.92 Å². The van der Waals surface area contributed by atoms with E-state index in [1.165, 1.54) is 6.42 Å². The van der Waals surface area contributed by atoms with Crippen LogP contribution in [-0.4, -0.2) is 40.8 Å². The standard InChI is InChI=1S/C20H29N5O4/c1-3-11-25(13-17-23-24-19(29-17)16-10-7-12-28-16)14(2)18(26)22-20(27)21-15-8-5-4-6-9-15/h7,10,12,14-15H,3-6,8-9,11,13H2,1-2H3,(H2,21,22,26,27)/p+1/t14-/m0/s1. The van der Waals surface area contributed by atoms with Crippen LogP contribution < -0.4 is 15.5 Å². The van der Waals surface area contributed by atoms with Crippen LogP contribution in [0.2, 0.25) is 0 Å². The summed E-state index contributed by atoms with van der Waals surface area (Å²) in [6.45, 7) is 4.97. The number of carbonyl (C=O) groups excluding carboxylic acids is 2. The summed E-state index contributed by atoms with van der Waals surface area (Å²) in [5, 5.41) is 13.5. The Hall–Kier alpha value is -2.68. The van der Waals surface area contributed by atoms with Gasteiger partial charge in [0.15, 0.2) is 18.3 Å². The number of urea groups is 1. The summed E-state index contributed by atoms with van der Waals surface area (Å²) in [4.78, 5) is 25.8. The summed E-state index contributed by atoms with van der Waals surface area (Å²) >= 11 is 0. The Bertz CT molecular complexity index is 783. The predicted octanol–water partition coefficient (Wildman–Crippen LogP) is 1.67. The van der Waals surface area contributed by atoms with Gasteiger partial charge in [0.25, 0.3) is 17.7 Å². The van der Waals surface area contributed by atoms with Gasteiger partial charge in [-0.25, -0.2) is 4.79 Å². The maximum absolute atomic E-state index is 12.6. The van der Waals surface area contributed by atoms with E-state index in [-0.39, 0.29) is 11.9 Å². The quantitative estimate of drug-likeness (QED) is 0.617. The van der Waals surface area contributed by atoms with Gasteiger partial charge in [-0.1, -0.05) is 26.2 Å². The molecular formula is C20H30N5O4+. The minimum absolute atomic E-state index is 0.157. The smallest absolute Gasteiger partial charge is 0.321 e. The monoisotopic (exact) mass is 404 g/mol. The third-order valence-corrected chi connectivity index (χ3v) is 5.33. The fourth-order valence-corrected chi connectivity index (χ4v) is 3.67. The molecule has 1 aliphatic rings. The molecule has 9 nitrogen and oxygen atoms in total. The largest absolute Gasteiger partial charge is 0.459 e. The van der Waals surface area contributed by atoms with Crippen LogP contribution in [0.4, 0.5) is 4.79 Å². The van der Waals surface area contributed by atoms with E-state index >= 15 is 0 Å². The fourth-order valence-electron chi connectivity index (χ4n) is 3.67. The molecule has 0 saturated heterocycles. The van der Waals surface area contributed by atoms with Crippen LogP contribution in [0, 0.1) is 0 Å². The summed E-state index contributed by atoms with van der Waals surface area (Å²) in [6.07, 6.45) is 7.81. The molecule has 2 aromatic heterocycles. The van der Waals surface area contributed by atoms with E-state index in [1.54, 1.807) is 25.3 Å². The molecule has 0 aromatic carbocycles. The van der Waals surface area contributed by atoms with Gasteiger partial charge in [-0.05, 0) is 38.3 Å². The van der Waals surface area contributed by atoms with Crippen molar-refractivity contribution in [1.82, 2.24) is 20.8 Å². The first kappa shape index (κ1) is 21.0. The van der Waals surface area contributed by atoms with Gasteiger partial charge in [-0.3, -0.25) is 10.1 Å². The minimum Gasteiger partial charge on any atom is -0.459 e. The number of furan rings is 1.